The molecule has 1 fully saturated rings. The number of anilines is 2. The second-order valence-corrected chi connectivity index (χ2v) is 10.7. The number of hydrogen-bond donors (Lipinski definition) is 1. The van der Waals surface area contributed by atoms with Crippen molar-refractivity contribution in [2.75, 3.05) is 16.0 Å². The zero-order chi connectivity index (χ0) is 23.3. The Morgan fingerprint density at radius 3 is 2.50 bits per heavy atom. The highest BCUT2D eigenvalue weighted by Crippen LogP contribution is 2.42. The van der Waals surface area contributed by atoms with Gasteiger partial charge in [-0.2, -0.15) is 0 Å². The Hall–Kier alpha value is -2.27. The quantitative estimate of drug-likeness (QED) is 0.473. The highest BCUT2D eigenvalue weighted by molar-refractivity contribution is 8.00. The zero-order valence-corrected chi connectivity index (χ0v) is 20.8. The van der Waals surface area contributed by atoms with Crippen molar-refractivity contribution in [2.45, 2.75) is 71.1 Å². The van der Waals surface area contributed by atoms with E-state index < -0.39 is 0 Å². The van der Waals surface area contributed by atoms with Crippen LogP contribution in [0.2, 0.25) is 0 Å². The van der Waals surface area contributed by atoms with Gasteiger partial charge in [0.25, 0.3) is 0 Å². The van der Waals surface area contributed by atoms with Crippen molar-refractivity contribution >= 4 is 35.0 Å². The van der Waals surface area contributed by atoms with Crippen LogP contribution in [0.3, 0.4) is 0 Å². The summed E-state index contributed by atoms with van der Waals surface area (Å²) in [6.45, 7) is 10.8. The normalized spacial score (nSPS) is 17.5. The minimum atomic E-state index is -0.0955. The number of thioether (sulfide) groups is 1. The molecule has 0 bridgehead atoms. The number of carbonyl (C=O) groups is 2. The van der Waals surface area contributed by atoms with Gasteiger partial charge in [-0.3, -0.25) is 14.5 Å². The summed E-state index contributed by atoms with van der Waals surface area (Å²) >= 11 is 1.63. The maximum atomic E-state index is 12.8. The minimum Gasteiger partial charge on any atom is -0.326 e. The molecule has 0 aliphatic carbocycles. The molecule has 1 N–H and O–H groups in total. The predicted octanol–water partition coefficient (Wildman–Crippen LogP) is 6.92. The number of nitrogens with one attached hydrogen (secondary N) is 1. The summed E-state index contributed by atoms with van der Waals surface area (Å²) in [5.74, 6) is 0.697. The third kappa shape index (κ3) is 5.74. The molecule has 1 heterocycles. The van der Waals surface area contributed by atoms with Crippen molar-refractivity contribution in [3.05, 3.63) is 59.7 Å². The fraction of sp³-hybridized carbons (Fsp3) is 0.481. The molecule has 0 radical (unpaired) electrons. The molecule has 0 spiro atoms. The SMILES string of the molecule is CCCC[C@@H](CC)C(=O)Nc1cccc([C@@H]2SCC(=O)N2c2ccc(C(C)(C)C)cc2)c1. The van der Waals surface area contributed by atoms with Gasteiger partial charge >= 0.3 is 0 Å². The largest absolute Gasteiger partial charge is 0.326 e. The standard InChI is InChI=1S/C27H36N2O2S/c1-6-8-10-19(7-2)25(31)28-22-12-9-11-20(17-22)26-29(24(30)18-32-26)23-15-13-21(14-16-23)27(3,4)5/h9,11-17,19,26H,6-8,10,18H2,1-5H3,(H,28,31)/t19-,26+/m1/s1. The number of unbranched alkanes of at least 4 members (excludes halogenated alkanes) is 1. The van der Waals surface area contributed by atoms with Gasteiger partial charge in [0.05, 0.1) is 5.75 Å². The van der Waals surface area contributed by atoms with Crippen LogP contribution in [0.15, 0.2) is 48.5 Å². The minimum absolute atomic E-state index is 0.0406. The van der Waals surface area contributed by atoms with E-state index in [2.05, 4.69) is 52.1 Å². The topological polar surface area (TPSA) is 49.4 Å². The Morgan fingerprint density at radius 2 is 1.88 bits per heavy atom. The van der Waals surface area contributed by atoms with Gasteiger partial charge in [-0.05, 0) is 53.6 Å². The first kappa shape index (κ1) is 24.4. The predicted molar refractivity (Wildman–Crippen MR) is 136 cm³/mol. The molecule has 1 aliphatic rings. The third-order valence-electron chi connectivity index (χ3n) is 6.09. The van der Waals surface area contributed by atoms with Crippen LogP contribution >= 0.6 is 11.8 Å². The van der Waals surface area contributed by atoms with Crippen molar-refractivity contribution in [1.82, 2.24) is 0 Å². The molecule has 4 nitrogen and oxygen atoms in total. The molecular formula is C27H36N2O2S. The fourth-order valence-corrected chi connectivity index (χ4v) is 5.22. The van der Waals surface area contributed by atoms with E-state index in [9.17, 15) is 9.59 Å². The van der Waals surface area contributed by atoms with E-state index in [1.165, 1.54) is 5.56 Å². The van der Waals surface area contributed by atoms with Crippen molar-refractivity contribution in [2.24, 2.45) is 5.92 Å². The maximum absolute atomic E-state index is 12.8. The highest BCUT2D eigenvalue weighted by atomic mass is 32.2. The summed E-state index contributed by atoms with van der Waals surface area (Å²) in [6, 6.07) is 16.3. The van der Waals surface area contributed by atoms with Gasteiger partial charge in [-0.15, -0.1) is 11.8 Å². The number of nitrogens with zero attached hydrogens (tertiary/aromatic N) is 1. The monoisotopic (exact) mass is 452 g/mol. The molecule has 5 heteroatoms. The number of carbonyl (C=O) groups excluding carboxylic acids is 2. The Bertz CT molecular complexity index is 933. The summed E-state index contributed by atoms with van der Waals surface area (Å²) in [7, 11) is 0. The molecule has 2 aromatic rings. The van der Waals surface area contributed by atoms with Crippen LogP contribution in [0.1, 0.15) is 76.8 Å². The van der Waals surface area contributed by atoms with Crippen molar-refractivity contribution in [3.63, 3.8) is 0 Å². The molecule has 1 saturated heterocycles. The Morgan fingerprint density at radius 1 is 1.16 bits per heavy atom. The van der Waals surface area contributed by atoms with Gasteiger partial charge in [0.15, 0.2) is 0 Å². The molecule has 2 aromatic carbocycles. The molecule has 2 amide bonds. The van der Waals surface area contributed by atoms with Gasteiger partial charge in [0.1, 0.15) is 5.37 Å². The summed E-state index contributed by atoms with van der Waals surface area (Å²) in [5.41, 5.74) is 4.06. The summed E-state index contributed by atoms with van der Waals surface area (Å²) in [5, 5.41) is 3.01. The Labute approximate surface area is 197 Å². The average Bonchev–Trinajstić information content (AvgIpc) is 3.15. The molecule has 172 valence electrons. The van der Waals surface area contributed by atoms with Crippen LogP contribution in [0.4, 0.5) is 11.4 Å². The molecule has 3 rings (SSSR count). The second kappa shape index (κ2) is 10.6. The molecule has 0 unspecified atom stereocenters. The van der Waals surface area contributed by atoms with Crippen molar-refractivity contribution in [1.29, 1.82) is 0 Å². The Kier molecular flexibility index (Phi) is 8.05. The molecule has 0 saturated carbocycles. The van der Waals surface area contributed by atoms with E-state index in [-0.39, 0.29) is 28.5 Å². The summed E-state index contributed by atoms with van der Waals surface area (Å²) in [4.78, 5) is 27.4. The van der Waals surface area contributed by atoms with E-state index in [4.69, 9.17) is 0 Å². The molecular weight excluding hydrogens is 416 g/mol. The van der Waals surface area contributed by atoms with E-state index >= 15 is 0 Å². The van der Waals surface area contributed by atoms with Crippen LogP contribution in [-0.2, 0) is 15.0 Å². The smallest absolute Gasteiger partial charge is 0.238 e. The van der Waals surface area contributed by atoms with Crippen LogP contribution in [0.25, 0.3) is 0 Å². The average molecular weight is 453 g/mol. The molecule has 1 aliphatic heterocycles. The van der Waals surface area contributed by atoms with E-state index in [1.54, 1.807) is 11.8 Å². The van der Waals surface area contributed by atoms with Crippen LogP contribution in [0.5, 0.6) is 0 Å². The molecule has 32 heavy (non-hydrogen) atoms. The van der Waals surface area contributed by atoms with Crippen molar-refractivity contribution < 1.29 is 9.59 Å². The third-order valence-corrected chi connectivity index (χ3v) is 7.30. The highest BCUT2D eigenvalue weighted by Gasteiger charge is 2.34. The number of benzene rings is 2. The lowest BCUT2D eigenvalue weighted by atomic mass is 9.87. The van der Waals surface area contributed by atoms with Gasteiger partial charge < -0.3 is 5.32 Å². The van der Waals surface area contributed by atoms with Gasteiger partial charge in [0, 0.05) is 17.3 Å². The number of amides is 2. The van der Waals surface area contributed by atoms with Crippen LogP contribution < -0.4 is 10.2 Å². The first-order valence-electron chi connectivity index (χ1n) is 11.7. The Balaban J connectivity index is 1.79. The van der Waals surface area contributed by atoms with Crippen LogP contribution in [0, 0.1) is 5.92 Å². The summed E-state index contributed by atoms with van der Waals surface area (Å²) < 4.78 is 0. The fourth-order valence-electron chi connectivity index (χ4n) is 4.06. The van der Waals surface area contributed by atoms with Gasteiger partial charge in [0.2, 0.25) is 11.8 Å². The zero-order valence-electron chi connectivity index (χ0n) is 20.0. The number of hydrogen-bond acceptors (Lipinski definition) is 3. The molecule has 0 aromatic heterocycles. The number of rotatable bonds is 8. The summed E-state index contributed by atoms with van der Waals surface area (Å²) in [6.07, 6.45) is 3.93. The maximum Gasteiger partial charge on any atom is 0.238 e. The molecule has 2 atom stereocenters. The van der Waals surface area contributed by atoms with E-state index in [0.29, 0.717) is 5.75 Å². The lowest BCUT2D eigenvalue weighted by Gasteiger charge is -2.26. The van der Waals surface area contributed by atoms with E-state index in [0.717, 1.165) is 42.6 Å². The van der Waals surface area contributed by atoms with Crippen molar-refractivity contribution in [3.8, 4) is 0 Å². The van der Waals surface area contributed by atoms with Gasteiger partial charge in [-0.25, -0.2) is 0 Å². The lowest BCUT2D eigenvalue weighted by Crippen LogP contribution is -2.28. The second-order valence-electron chi connectivity index (χ2n) is 9.59. The lowest BCUT2D eigenvalue weighted by molar-refractivity contribution is -0.120. The van der Waals surface area contributed by atoms with Gasteiger partial charge in [-0.1, -0.05) is 71.7 Å². The first-order valence-corrected chi connectivity index (χ1v) is 12.7. The van der Waals surface area contributed by atoms with Crippen LogP contribution in [-0.4, -0.2) is 17.6 Å². The van der Waals surface area contributed by atoms with E-state index in [1.807, 2.05) is 41.3 Å². The first-order chi connectivity index (χ1) is 15.2.